The van der Waals surface area contributed by atoms with Gasteiger partial charge in [0, 0.05) is 31.2 Å². The molecule has 0 unspecified atom stereocenters. The third-order valence-corrected chi connectivity index (χ3v) is 6.19. The van der Waals surface area contributed by atoms with E-state index in [9.17, 15) is 4.79 Å². The molecule has 3 aromatic rings. The van der Waals surface area contributed by atoms with Gasteiger partial charge in [0.2, 0.25) is 5.95 Å². The van der Waals surface area contributed by atoms with Gasteiger partial charge in [0.05, 0.1) is 18.3 Å². The average Bonchev–Trinajstić information content (AvgIpc) is 2.76. The summed E-state index contributed by atoms with van der Waals surface area (Å²) in [6, 6.07) is 7.60. The molecule has 0 bridgehead atoms. The van der Waals surface area contributed by atoms with E-state index in [0.29, 0.717) is 46.9 Å². The van der Waals surface area contributed by atoms with Crippen molar-refractivity contribution in [1.82, 2.24) is 14.5 Å². The van der Waals surface area contributed by atoms with E-state index < -0.39 is 0 Å². The number of rotatable bonds is 6. The fourth-order valence-electron chi connectivity index (χ4n) is 4.45. The fourth-order valence-corrected chi connectivity index (χ4v) is 4.59. The van der Waals surface area contributed by atoms with Gasteiger partial charge >= 0.3 is 0 Å². The summed E-state index contributed by atoms with van der Waals surface area (Å²) < 4.78 is 7.38. The van der Waals surface area contributed by atoms with Crippen LogP contribution in [0.4, 0.5) is 17.5 Å². The largest absolute Gasteiger partial charge is 0.488 e. The predicted octanol–water partition coefficient (Wildman–Crippen LogP) is 5.24. The number of aromatic nitrogens is 3. The highest BCUT2D eigenvalue weighted by Gasteiger charge is 2.24. The zero-order chi connectivity index (χ0) is 23.7. The van der Waals surface area contributed by atoms with Gasteiger partial charge in [-0.1, -0.05) is 39.3 Å². The van der Waals surface area contributed by atoms with E-state index in [1.807, 2.05) is 18.2 Å². The Morgan fingerprint density at radius 1 is 1.21 bits per heavy atom. The summed E-state index contributed by atoms with van der Waals surface area (Å²) in [5.41, 5.74) is 1.51. The summed E-state index contributed by atoms with van der Waals surface area (Å²) >= 11 is 6.43. The second-order valence-electron chi connectivity index (χ2n) is 9.69. The van der Waals surface area contributed by atoms with Crippen LogP contribution < -0.4 is 20.5 Å². The molecule has 1 aromatic carbocycles. The molecule has 7 nitrogen and oxygen atoms in total. The molecule has 1 saturated heterocycles. The van der Waals surface area contributed by atoms with Crippen molar-refractivity contribution >= 4 is 40.0 Å². The molecule has 0 spiro atoms. The first kappa shape index (κ1) is 23.4. The summed E-state index contributed by atoms with van der Waals surface area (Å²) in [6.45, 7) is 11.0. The molecule has 1 fully saturated rings. The normalized spacial score (nSPS) is 18.7. The molecule has 3 heterocycles. The number of halogens is 1. The second-order valence-corrected chi connectivity index (χ2v) is 10.1. The van der Waals surface area contributed by atoms with Crippen molar-refractivity contribution in [2.75, 3.05) is 29.9 Å². The summed E-state index contributed by atoms with van der Waals surface area (Å²) in [4.78, 5) is 24.1. The van der Waals surface area contributed by atoms with Gasteiger partial charge < -0.3 is 19.5 Å². The van der Waals surface area contributed by atoms with Gasteiger partial charge in [-0.15, -0.1) is 0 Å². The zero-order valence-corrected chi connectivity index (χ0v) is 20.7. The Labute approximate surface area is 199 Å². The van der Waals surface area contributed by atoms with Gasteiger partial charge in [0.15, 0.2) is 11.6 Å². The molecular formula is C25H32ClN5O2. The number of pyridine rings is 1. The maximum Gasteiger partial charge on any atom is 0.293 e. The molecule has 1 aliphatic heterocycles. The van der Waals surface area contributed by atoms with Crippen LogP contribution in [0.3, 0.4) is 0 Å². The van der Waals surface area contributed by atoms with E-state index in [4.69, 9.17) is 21.3 Å². The number of nitrogens with zero attached hydrogens (tertiary/aromatic N) is 4. The van der Waals surface area contributed by atoms with Crippen LogP contribution in [0.1, 0.15) is 34.1 Å². The maximum absolute atomic E-state index is 12.6. The molecule has 8 heteroatoms. The fraction of sp³-hybridized carbons (Fsp3) is 0.480. The molecule has 2 aromatic heterocycles. The van der Waals surface area contributed by atoms with Crippen LogP contribution in [-0.2, 0) is 7.05 Å². The van der Waals surface area contributed by atoms with Crippen molar-refractivity contribution in [2.45, 2.75) is 34.1 Å². The Kier molecular flexibility index (Phi) is 6.79. The van der Waals surface area contributed by atoms with Crippen molar-refractivity contribution in [3.63, 3.8) is 0 Å². The number of aryl methyl sites for hydroxylation is 1. The zero-order valence-electron chi connectivity index (χ0n) is 19.9. The minimum atomic E-state index is -0.141. The van der Waals surface area contributed by atoms with Crippen molar-refractivity contribution in [3.05, 3.63) is 45.8 Å². The van der Waals surface area contributed by atoms with E-state index >= 15 is 0 Å². The topological polar surface area (TPSA) is 72.3 Å². The molecule has 176 valence electrons. The van der Waals surface area contributed by atoms with Crippen molar-refractivity contribution in [1.29, 1.82) is 0 Å². The van der Waals surface area contributed by atoms with Crippen LogP contribution in [0.15, 0.2) is 35.3 Å². The summed E-state index contributed by atoms with van der Waals surface area (Å²) in [5.74, 6) is 3.14. The van der Waals surface area contributed by atoms with Crippen LogP contribution in [-0.4, -0.2) is 34.2 Å². The van der Waals surface area contributed by atoms with E-state index in [0.717, 1.165) is 29.7 Å². The van der Waals surface area contributed by atoms with Crippen LogP contribution in [0, 0.1) is 17.8 Å². The van der Waals surface area contributed by atoms with Crippen LogP contribution >= 0.6 is 11.6 Å². The highest BCUT2D eigenvalue weighted by Crippen LogP contribution is 2.30. The predicted molar refractivity (Wildman–Crippen MR) is 135 cm³/mol. The van der Waals surface area contributed by atoms with Crippen LogP contribution in [0.2, 0.25) is 5.02 Å². The van der Waals surface area contributed by atoms with Gasteiger partial charge in [0.1, 0.15) is 5.02 Å². The molecule has 33 heavy (non-hydrogen) atoms. The SMILES string of the molecule is CC(C)COc1cc2cc(Nc3nc(N4C[C@H](C)C[C@H](C)C4)ncc3Cl)ccc2n(C)c1=O. The summed E-state index contributed by atoms with van der Waals surface area (Å²) in [6.07, 6.45) is 2.87. The summed E-state index contributed by atoms with van der Waals surface area (Å²) in [5, 5.41) is 4.68. The Morgan fingerprint density at radius 2 is 1.94 bits per heavy atom. The molecule has 2 atom stereocenters. The lowest BCUT2D eigenvalue weighted by Crippen LogP contribution is -2.39. The molecular weight excluding hydrogens is 438 g/mol. The third kappa shape index (κ3) is 5.24. The first-order valence-corrected chi connectivity index (χ1v) is 11.9. The molecule has 0 radical (unpaired) electrons. The highest BCUT2D eigenvalue weighted by molar-refractivity contribution is 6.32. The number of anilines is 3. The van der Waals surface area contributed by atoms with Crippen molar-refractivity contribution in [2.24, 2.45) is 24.8 Å². The van der Waals surface area contributed by atoms with Crippen molar-refractivity contribution in [3.8, 4) is 5.75 Å². The number of nitrogens with one attached hydrogen (secondary N) is 1. The molecule has 1 N–H and O–H groups in total. The monoisotopic (exact) mass is 469 g/mol. The number of hydrogen-bond acceptors (Lipinski definition) is 6. The van der Waals surface area contributed by atoms with Gasteiger partial charge in [-0.05, 0) is 48.4 Å². The molecule has 0 saturated carbocycles. The molecule has 0 amide bonds. The Morgan fingerprint density at radius 3 is 2.64 bits per heavy atom. The molecule has 0 aliphatic carbocycles. The average molecular weight is 470 g/mol. The smallest absolute Gasteiger partial charge is 0.293 e. The summed E-state index contributed by atoms with van der Waals surface area (Å²) in [7, 11) is 1.76. The number of fused-ring (bicyclic) bond motifs is 1. The number of piperidine rings is 1. The molecule has 1 aliphatic rings. The minimum Gasteiger partial charge on any atom is -0.488 e. The van der Waals surface area contributed by atoms with E-state index in [2.05, 4.69) is 42.9 Å². The Bertz CT molecular complexity index is 1200. The Hall–Kier alpha value is -2.80. The lowest BCUT2D eigenvalue weighted by atomic mass is 9.92. The first-order valence-electron chi connectivity index (χ1n) is 11.5. The second kappa shape index (κ2) is 9.59. The maximum atomic E-state index is 12.6. The number of ether oxygens (including phenoxy) is 1. The van der Waals surface area contributed by atoms with Crippen LogP contribution in [0.5, 0.6) is 5.75 Å². The minimum absolute atomic E-state index is 0.141. The van der Waals surface area contributed by atoms with Gasteiger partial charge in [0.25, 0.3) is 5.56 Å². The van der Waals surface area contributed by atoms with E-state index in [1.54, 1.807) is 23.9 Å². The van der Waals surface area contributed by atoms with Crippen LogP contribution in [0.25, 0.3) is 10.9 Å². The van der Waals surface area contributed by atoms with Gasteiger partial charge in [-0.3, -0.25) is 4.79 Å². The third-order valence-electron chi connectivity index (χ3n) is 5.91. The highest BCUT2D eigenvalue weighted by atomic mass is 35.5. The number of benzene rings is 1. The first-order chi connectivity index (χ1) is 15.7. The van der Waals surface area contributed by atoms with Crippen molar-refractivity contribution < 1.29 is 4.74 Å². The lowest BCUT2D eigenvalue weighted by Gasteiger charge is -2.35. The van der Waals surface area contributed by atoms with Gasteiger partial charge in [-0.25, -0.2) is 4.98 Å². The van der Waals surface area contributed by atoms with E-state index in [1.165, 1.54) is 6.42 Å². The number of hydrogen-bond donors (Lipinski definition) is 1. The van der Waals surface area contributed by atoms with E-state index in [-0.39, 0.29) is 5.56 Å². The molecule has 4 rings (SSSR count). The lowest BCUT2D eigenvalue weighted by molar-refractivity contribution is 0.267. The quantitative estimate of drug-likeness (QED) is 0.532. The Balaban J connectivity index is 1.63. The standard InChI is InChI=1S/C25H32ClN5O2/c1-15(2)14-33-22-10-18-9-19(6-7-21(18)30(5)24(22)32)28-23-20(26)11-27-25(29-23)31-12-16(3)8-17(4)13-31/h6-7,9-11,15-17H,8,12-14H2,1-5H3,(H,27,28,29)/t16-,17+. The van der Waals surface area contributed by atoms with Gasteiger partial charge in [-0.2, -0.15) is 4.98 Å².